The zero-order chi connectivity index (χ0) is 6.57. The molecule has 0 saturated heterocycles. The van der Waals surface area contributed by atoms with Crippen molar-refractivity contribution in [2.24, 2.45) is 5.18 Å². The van der Waals surface area contributed by atoms with Crippen molar-refractivity contribution in [1.29, 1.82) is 0 Å². The Balaban J connectivity index is 4.02. The maximum atomic E-state index is 10.1. The van der Waals surface area contributed by atoms with Crippen molar-refractivity contribution in [3.8, 4) is 0 Å². The highest BCUT2D eigenvalue weighted by Gasteiger charge is 1.99. The molecule has 0 spiro atoms. The van der Waals surface area contributed by atoms with Crippen molar-refractivity contribution in [2.45, 2.75) is 0 Å². The Kier molecular flexibility index (Phi) is 2.40. The summed E-state index contributed by atoms with van der Waals surface area (Å²) in [7, 11) is 0. The molecule has 0 radical (unpaired) electrons. The fourth-order valence-electron chi connectivity index (χ4n) is 0.146. The van der Waals surface area contributed by atoms with Crippen molar-refractivity contribution in [3.63, 3.8) is 0 Å². The molecule has 42 valence electrons. The molecule has 0 aromatic heterocycles. The number of nitroso groups, excluding NO2 is 1. The van der Waals surface area contributed by atoms with Crippen LogP contribution in [0.4, 0.5) is 0 Å². The van der Waals surface area contributed by atoms with Gasteiger partial charge >= 0.3 is 5.91 Å². The molecule has 0 aromatic rings. The molecule has 0 heterocycles. The molecule has 0 N–H and O–H groups in total. The Labute approximate surface area is 46.7 Å². The Bertz CT molecular complexity index is 131. The van der Waals surface area contributed by atoms with Crippen LogP contribution >= 0.6 is 0 Å². The van der Waals surface area contributed by atoms with E-state index >= 15 is 0 Å². The second-order valence-electron chi connectivity index (χ2n) is 1.13. The van der Waals surface area contributed by atoms with Gasteiger partial charge in [0.1, 0.15) is 0 Å². The molecule has 3 nitrogen and oxygen atoms in total. The Hall–Kier alpha value is -1.25. The van der Waals surface area contributed by atoms with Gasteiger partial charge in [0.15, 0.2) is 0 Å². The van der Waals surface area contributed by atoms with E-state index in [1.807, 2.05) is 0 Å². The molecular formula is C5H5NO2. The van der Waals surface area contributed by atoms with Crippen LogP contribution in [0.5, 0.6) is 0 Å². The lowest BCUT2D eigenvalue weighted by molar-refractivity contribution is -0.114. The number of carbonyl (C=O) groups excluding carboxylic acids is 1. The minimum atomic E-state index is -0.861. The summed E-state index contributed by atoms with van der Waals surface area (Å²) in [5, 5.41) is 2.10. The monoisotopic (exact) mass is 111 g/mol. The molecule has 0 saturated carbocycles. The number of amides is 1. The fourth-order valence-corrected chi connectivity index (χ4v) is 0.146. The maximum Gasteiger partial charge on any atom is 0.316 e. The quantitative estimate of drug-likeness (QED) is 0.303. The number of hydrogen-bond acceptors (Lipinski definition) is 2. The third-order valence-corrected chi connectivity index (χ3v) is 0.604. The van der Waals surface area contributed by atoms with Gasteiger partial charge in [-0.15, -0.1) is 4.91 Å². The summed E-state index contributed by atoms with van der Waals surface area (Å²) < 4.78 is 0. The average molecular weight is 111 g/mol. The largest absolute Gasteiger partial charge is 0.316 e. The average Bonchev–Trinajstić information content (AvgIpc) is 1.84. The summed E-state index contributed by atoms with van der Waals surface area (Å²) in [5.74, 6) is -0.861. The smallest absolute Gasteiger partial charge is 0.263 e. The highest BCUT2D eigenvalue weighted by molar-refractivity contribution is 5.95. The standard InChI is InChI=1S/C5H5NO2/c1-3-4(2)5(7)6-8/h3H,1-2H2. The Morgan fingerprint density at radius 3 is 2.25 bits per heavy atom. The van der Waals surface area contributed by atoms with E-state index in [1.54, 1.807) is 0 Å². The highest BCUT2D eigenvalue weighted by Crippen LogP contribution is 1.91. The molecule has 0 unspecified atom stereocenters. The summed E-state index contributed by atoms with van der Waals surface area (Å²) in [6.45, 7) is 6.39. The van der Waals surface area contributed by atoms with Gasteiger partial charge in [-0.25, -0.2) is 0 Å². The molecule has 0 rings (SSSR count). The van der Waals surface area contributed by atoms with Crippen LogP contribution in [0, 0.1) is 4.91 Å². The SMILES string of the molecule is C=CC(=C)C(=O)N=O. The summed E-state index contributed by atoms with van der Waals surface area (Å²) in [6.07, 6.45) is 1.18. The van der Waals surface area contributed by atoms with E-state index in [0.717, 1.165) is 0 Å². The predicted octanol–water partition coefficient (Wildman–Crippen LogP) is 1.02. The first-order valence-corrected chi connectivity index (χ1v) is 1.91. The topological polar surface area (TPSA) is 46.5 Å². The summed E-state index contributed by atoms with van der Waals surface area (Å²) in [6, 6.07) is 0. The van der Waals surface area contributed by atoms with Gasteiger partial charge in [-0.05, 0) is 0 Å². The third-order valence-electron chi connectivity index (χ3n) is 0.604. The Morgan fingerprint density at radius 2 is 2.12 bits per heavy atom. The number of carbonyl (C=O) groups is 1. The zero-order valence-corrected chi connectivity index (χ0v) is 4.26. The van der Waals surface area contributed by atoms with E-state index in [0.29, 0.717) is 0 Å². The molecule has 0 aliphatic carbocycles. The number of hydrogen-bond donors (Lipinski definition) is 0. The minimum Gasteiger partial charge on any atom is -0.263 e. The van der Waals surface area contributed by atoms with Crippen molar-refractivity contribution in [3.05, 3.63) is 29.7 Å². The van der Waals surface area contributed by atoms with Crippen LogP contribution in [0.1, 0.15) is 0 Å². The molecule has 8 heavy (non-hydrogen) atoms. The van der Waals surface area contributed by atoms with Crippen molar-refractivity contribution in [2.75, 3.05) is 0 Å². The molecule has 3 heteroatoms. The van der Waals surface area contributed by atoms with E-state index in [2.05, 4.69) is 18.3 Å². The molecule has 0 aliphatic rings. The van der Waals surface area contributed by atoms with Gasteiger partial charge in [-0.1, -0.05) is 19.2 Å². The van der Waals surface area contributed by atoms with E-state index in [-0.39, 0.29) is 5.57 Å². The van der Waals surface area contributed by atoms with Crippen molar-refractivity contribution >= 4 is 5.91 Å². The van der Waals surface area contributed by atoms with Crippen molar-refractivity contribution in [1.82, 2.24) is 0 Å². The van der Waals surface area contributed by atoms with Gasteiger partial charge in [0.2, 0.25) is 0 Å². The fraction of sp³-hybridized carbons (Fsp3) is 0. The maximum absolute atomic E-state index is 10.1. The third kappa shape index (κ3) is 1.47. The van der Waals surface area contributed by atoms with E-state index in [4.69, 9.17) is 0 Å². The van der Waals surface area contributed by atoms with Gasteiger partial charge in [-0.2, -0.15) is 0 Å². The van der Waals surface area contributed by atoms with Gasteiger partial charge in [-0.3, -0.25) is 4.79 Å². The number of nitrogens with zero attached hydrogens (tertiary/aromatic N) is 1. The van der Waals surface area contributed by atoms with E-state index in [9.17, 15) is 9.70 Å². The number of rotatable bonds is 2. The second-order valence-corrected chi connectivity index (χ2v) is 1.13. The van der Waals surface area contributed by atoms with E-state index < -0.39 is 5.91 Å². The predicted molar refractivity (Wildman–Crippen MR) is 30.1 cm³/mol. The normalized spacial score (nSPS) is 7.50. The molecule has 0 fully saturated rings. The summed E-state index contributed by atoms with van der Waals surface area (Å²) in [4.78, 5) is 19.5. The zero-order valence-electron chi connectivity index (χ0n) is 4.26. The van der Waals surface area contributed by atoms with Crippen LogP contribution in [0.2, 0.25) is 0 Å². The van der Waals surface area contributed by atoms with Crippen molar-refractivity contribution < 1.29 is 4.79 Å². The minimum absolute atomic E-state index is 0.0278. The van der Waals surface area contributed by atoms with E-state index in [1.165, 1.54) is 6.08 Å². The first kappa shape index (κ1) is 6.75. The van der Waals surface area contributed by atoms with Gasteiger partial charge in [0.25, 0.3) is 0 Å². The van der Waals surface area contributed by atoms with Crippen LogP contribution in [-0.4, -0.2) is 5.91 Å². The first-order valence-electron chi connectivity index (χ1n) is 1.91. The lowest BCUT2D eigenvalue weighted by atomic mass is 10.3. The van der Waals surface area contributed by atoms with Crippen LogP contribution < -0.4 is 0 Å². The van der Waals surface area contributed by atoms with Gasteiger partial charge in [0, 0.05) is 10.7 Å². The molecule has 0 bridgehead atoms. The van der Waals surface area contributed by atoms with Crippen LogP contribution in [0.3, 0.4) is 0 Å². The molecule has 0 aliphatic heterocycles. The lowest BCUT2D eigenvalue weighted by Gasteiger charge is -1.81. The molecular weight excluding hydrogens is 106 g/mol. The van der Waals surface area contributed by atoms with Gasteiger partial charge in [0.05, 0.1) is 0 Å². The van der Waals surface area contributed by atoms with Crippen LogP contribution in [-0.2, 0) is 4.79 Å². The lowest BCUT2D eigenvalue weighted by Crippen LogP contribution is -1.90. The van der Waals surface area contributed by atoms with Crippen LogP contribution in [0.15, 0.2) is 30.0 Å². The van der Waals surface area contributed by atoms with Crippen LogP contribution in [0.25, 0.3) is 0 Å². The molecule has 1 amide bonds. The second kappa shape index (κ2) is 2.85. The highest BCUT2D eigenvalue weighted by atomic mass is 16.3. The Morgan fingerprint density at radius 1 is 1.62 bits per heavy atom. The molecule has 0 aromatic carbocycles. The molecule has 0 atom stereocenters. The van der Waals surface area contributed by atoms with Gasteiger partial charge < -0.3 is 0 Å². The summed E-state index contributed by atoms with van der Waals surface area (Å²) in [5.41, 5.74) is 0.0278. The first-order chi connectivity index (χ1) is 3.72. The summed E-state index contributed by atoms with van der Waals surface area (Å²) >= 11 is 0.